The van der Waals surface area contributed by atoms with Gasteiger partial charge in [-0.1, -0.05) is 190 Å². The van der Waals surface area contributed by atoms with Crippen LogP contribution < -0.4 is 9.80 Å². The van der Waals surface area contributed by atoms with Gasteiger partial charge >= 0.3 is 0 Å². The maximum atomic E-state index is 2.54. The van der Waals surface area contributed by atoms with Crippen LogP contribution in [-0.2, 0) is 5.41 Å². The zero-order valence-electron chi connectivity index (χ0n) is 36.8. The minimum Gasteiger partial charge on any atom is -0.309 e. The van der Waals surface area contributed by atoms with Gasteiger partial charge in [-0.2, -0.15) is 0 Å². The second kappa shape index (κ2) is 15.4. The molecule has 0 aliphatic carbocycles. The molecule has 0 saturated heterocycles. The molecule has 0 aliphatic heterocycles. The minimum absolute atomic E-state index is 0.00258. The first-order valence-electron chi connectivity index (χ1n) is 21.8. The summed E-state index contributed by atoms with van der Waals surface area (Å²) in [6, 6.07) is 70.1. The van der Waals surface area contributed by atoms with Gasteiger partial charge < -0.3 is 9.80 Å². The molecule has 2 nitrogen and oxygen atoms in total. The van der Waals surface area contributed by atoms with Crippen molar-refractivity contribution < 1.29 is 0 Å². The summed E-state index contributed by atoms with van der Waals surface area (Å²) >= 11 is 0. The number of para-hydroxylation sites is 2. The van der Waals surface area contributed by atoms with Crippen molar-refractivity contribution >= 4 is 66.4 Å². The number of hydrogen-bond donors (Lipinski definition) is 0. The van der Waals surface area contributed by atoms with E-state index in [9.17, 15) is 0 Å². The minimum atomic E-state index is 0.00258. The van der Waals surface area contributed by atoms with Crippen LogP contribution in [0.3, 0.4) is 0 Å². The molecule has 0 bridgehead atoms. The molecule has 302 valence electrons. The fourth-order valence-corrected chi connectivity index (χ4v) is 9.46. The van der Waals surface area contributed by atoms with Gasteiger partial charge in [0, 0.05) is 38.7 Å². The maximum Gasteiger partial charge on any atom is 0.0569 e. The van der Waals surface area contributed by atoms with Crippen molar-refractivity contribution in [1.29, 1.82) is 0 Å². The van der Waals surface area contributed by atoms with Crippen LogP contribution in [0.2, 0.25) is 0 Å². The molecule has 0 heterocycles. The first-order valence-corrected chi connectivity index (χ1v) is 21.8. The molecule has 62 heavy (non-hydrogen) atoms. The standard InChI is InChI=1S/C60H52N2/c1-39-24-30-48(31-25-39)61(58-41(3)16-14-22-50(58)43-18-10-8-11-19-43)54-38-55(53-35-29-46-37-47(60(5,6)7)36-45-28-34-52(54)57(53)56(45)46)62(49-32-26-40(2)27-33-49)59-42(4)17-15-23-51(59)44-20-12-9-13-21-44/h8-38H,1-7H3. The molecule has 0 atom stereocenters. The summed E-state index contributed by atoms with van der Waals surface area (Å²) in [6.07, 6.45) is 0. The molecule has 0 amide bonds. The lowest BCUT2D eigenvalue weighted by Crippen LogP contribution is -2.17. The highest BCUT2D eigenvalue weighted by Gasteiger charge is 2.29. The van der Waals surface area contributed by atoms with Crippen LogP contribution >= 0.6 is 0 Å². The van der Waals surface area contributed by atoms with Gasteiger partial charge in [-0.25, -0.2) is 0 Å². The molecule has 0 saturated carbocycles. The third-order valence-corrected chi connectivity index (χ3v) is 12.7. The van der Waals surface area contributed by atoms with E-state index in [4.69, 9.17) is 0 Å². The van der Waals surface area contributed by atoms with Gasteiger partial charge in [-0.15, -0.1) is 0 Å². The normalized spacial score (nSPS) is 11.8. The van der Waals surface area contributed by atoms with E-state index in [1.165, 1.54) is 93.8 Å². The Bertz CT molecular complexity index is 3020. The Kier molecular flexibility index (Phi) is 9.68. The molecular weight excluding hydrogens is 749 g/mol. The van der Waals surface area contributed by atoms with Crippen molar-refractivity contribution in [2.45, 2.75) is 53.9 Å². The number of anilines is 6. The molecule has 10 aromatic rings. The van der Waals surface area contributed by atoms with Gasteiger partial charge in [0.25, 0.3) is 0 Å². The summed E-state index contributed by atoms with van der Waals surface area (Å²) in [6.45, 7) is 15.8. The highest BCUT2D eigenvalue weighted by Crippen LogP contribution is 2.53. The molecule has 0 fully saturated rings. The first-order chi connectivity index (χ1) is 30.0. The van der Waals surface area contributed by atoms with E-state index in [-0.39, 0.29) is 5.41 Å². The number of benzene rings is 10. The zero-order valence-corrected chi connectivity index (χ0v) is 36.8. The van der Waals surface area contributed by atoms with Gasteiger partial charge in [-0.05, 0) is 107 Å². The summed E-state index contributed by atoms with van der Waals surface area (Å²) in [5, 5.41) is 7.52. The van der Waals surface area contributed by atoms with Crippen LogP contribution in [0.1, 0.15) is 48.6 Å². The average Bonchev–Trinajstić information content (AvgIpc) is 3.28. The SMILES string of the molecule is Cc1ccc(N(c2c(C)cccc2-c2ccccc2)c2cc(N(c3ccc(C)cc3)c3c(C)cccc3-c3ccccc3)c3ccc4cc(C(C)(C)C)cc5ccc2c3c54)cc1. The van der Waals surface area contributed by atoms with E-state index in [0.29, 0.717) is 0 Å². The second-order valence-electron chi connectivity index (χ2n) is 18.1. The van der Waals surface area contributed by atoms with Gasteiger partial charge in [-0.3, -0.25) is 0 Å². The summed E-state index contributed by atoms with van der Waals surface area (Å²) < 4.78 is 0. The van der Waals surface area contributed by atoms with Crippen LogP contribution in [0.4, 0.5) is 34.1 Å². The lowest BCUT2D eigenvalue weighted by molar-refractivity contribution is 0.591. The Morgan fingerprint density at radius 2 is 0.790 bits per heavy atom. The summed E-state index contributed by atoms with van der Waals surface area (Å²) in [7, 11) is 0. The topological polar surface area (TPSA) is 6.48 Å². The highest BCUT2D eigenvalue weighted by atomic mass is 15.2. The van der Waals surface area contributed by atoms with Crippen molar-refractivity contribution in [2.75, 3.05) is 9.80 Å². The molecule has 0 aromatic heterocycles. The maximum absolute atomic E-state index is 2.54. The zero-order chi connectivity index (χ0) is 42.7. The second-order valence-corrected chi connectivity index (χ2v) is 18.1. The van der Waals surface area contributed by atoms with Gasteiger partial charge in [0.05, 0.1) is 22.7 Å². The van der Waals surface area contributed by atoms with E-state index >= 15 is 0 Å². The quantitative estimate of drug-likeness (QED) is 0.141. The molecule has 0 spiro atoms. The predicted octanol–water partition coefficient (Wildman–Crippen LogP) is 17.4. The van der Waals surface area contributed by atoms with Crippen LogP contribution in [0, 0.1) is 27.7 Å². The third kappa shape index (κ3) is 6.77. The fraction of sp³-hybridized carbons (Fsp3) is 0.133. The Hall–Kier alpha value is -7.16. The highest BCUT2D eigenvalue weighted by molar-refractivity contribution is 6.29. The van der Waals surface area contributed by atoms with E-state index in [0.717, 1.165) is 22.7 Å². The van der Waals surface area contributed by atoms with Crippen molar-refractivity contribution in [2.24, 2.45) is 0 Å². The summed E-state index contributed by atoms with van der Waals surface area (Å²) in [4.78, 5) is 5.08. The van der Waals surface area contributed by atoms with Gasteiger partial charge in [0.1, 0.15) is 0 Å². The largest absolute Gasteiger partial charge is 0.309 e. The Morgan fingerprint density at radius 3 is 1.19 bits per heavy atom. The van der Waals surface area contributed by atoms with Gasteiger partial charge in [0.2, 0.25) is 0 Å². The molecule has 0 N–H and O–H groups in total. The summed E-state index contributed by atoms with van der Waals surface area (Å²) in [5.74, 6) is 0. The van der Waals surface area contributed by atoms with Crippen molar-refractivity contribution in [3.05, 3.63) is 216 Å². The van der Waals surface area contributed by atoms with E-state index in [1.54, 1.807) is 0 Å². The molecule has 2 heteroatoms. The van der Waals surface area contributed by atoms with E-state index < -0.39 is 0 Å². The van der Waals surface area contributed by atoms with Crippen LogP contribution in [0.15, 0.2) is 188 Å². The van der Waals surface area contributed by atoms with Crippen molar-refractivity contribution in [3.63, 3.8) is 0 Å². The monoisotopic (exact) mass is 800 g/mol. The molecule has 0 aliphatic rings. The lowest BCUT2D eigenvalue weighted by atomic mass is 9.83. The van der Waals surface area contributed by atoms with E-state index in [1.807, 2.05) is 0 Å². The van der Waals surface area contributed by atoms with Crippen molar-refractivity contribution in [3.8, 4) is 22.3 Å². The molecule has 10 aromatic carbocycles. The number of nitrogens with zero attached hydrogens (tertiary/aromatic N) is 2. The van der Waals surface area contributed by atoms with Gasteiger partial charge in [0.15, 0.2) is 0 Å². The summed E-state index contributed by atoms with van der Waals surface area (Å²) in [5.41, 5.74) is 17.8. The molecule has 0 radical (unpaired) electrons. The Balaban J connectivity index is 1.39. The number of rotatable bonds is 8. The average molecular weight is 801 g/mol. The van der Waals surface area contributed by atoms with Crippen molar-refractivity contribution in [1.82, 2.24) is 0 Å². The molecule has 10 rings (SSSR count). The third-order valence-electron chi connectivity index (χ3n) is 12.7. The molecule has 0 unspecified atom stereocenters. The van der Waals surface area contributed by atoms with Crippen LogP contribution in [-0.4, -0.2) is 0 Å². The van der Waals surface area contributed by atoms with E-state index in [2.05, 4.69) is 246 Å². The lowest BCUT2D eigenvalue weighted by Gasteiger charge is -2.35. The number of hydrogen-bond acceptors (Lipinski definition) is 2. The fourth-order valence-electron chi connectivity index (χ4n) is 9.46. The Morgan fingerprint density at radius 1 is 0.371 bits per heavy atom. The first kappa shape index (κ1) is 39.0. The number of aryl methyl sites for hydroxylation is 4. The van der Waals surface area contributed by atoms with Crippen LogP contribution in [0.25, 0.3) is 54.6 Å². The van der Waals surface area contributed by atoms with Crippen LogP contribution in [0.5, 0.6) is 0 Å². The molecular formula is C60H52N2. The predicted molar refractivity (Wildman–Crippen MR) is 268 cm³/mol. The smallest absolute Gasteiger partial charge is 0.0569 e. The Labute approximate surface area is 366 Å².